The molecule has 0 spiro atoms. The SMILES string of the molecule is COc1ccc(-c2c(C(=O)N3CCOCC3)sc3ccccc23)cc1. The Morgan fingerprint density at radius 2 is 1.80 bits per heavy atom. The minimum Gasteiger partial charge on any atom is -0.497 e. The van der Waals surface area contributed by atoms with Crippen LogP contribution in [0.15, 0.2) is 48.5 Å². The first-order valence-electron chi connectivity index (χ1n) is 8.31. The summed E-state index contributed by atoms with van der Waals surface area (Å²) in [7, 11) is 1.66. The number of amides is 1. The van der Waals surface area contributed by atoms with E-state index in [1.807, 2.05) is 41.3 Å². The Morgan fingerprint density at radius 1 is 1.08 bits per heavy atom. The number of methoxy groups -OCH3 is 1. The van der Waals surface area contributed by atoms with Crippen LogP contribution in [-0.4, -0.2) is 44.2 Å². The van der Waals surface area contributed by atoms with Crippen molar-refractivity contribution >= 4 is 27.3 Å². The van der Waals surface area contributed by atoms with Crippen LogP contribution < -0.4 is 4.74 Å². The van der Waals surface area contributed by atoms with E-state index in [-0.39, 0.29) is 5.91 Å². The number of ether oxygens (including phenoxy) is 2. The van der Waals surface area contributed by atoms with Crippen LogP contribution in [0.1, 0.15) is 9.67 Å². The highest BCUT2D eigenvalue weighted by Crippen LogP contribution is 2.40. The van der Waals surface area contributed by atoms with Gasteiger partial charge in [0.25, 0.3) is 5.91 Å². The lowest BCUT2D eigenvalue weighted by Crippen LogP contribution is -2.40. The molecule has 0 saturated carbocycles. The highest BCUT2D eigenvalue weighted by Gasteiger charge is 2.25. The molecule has 2 heterocycles. The molecule has 0 unspecified atom stereocenters. The summed E-state index contributed by atoms with van der Waals surface area (Å²) in [6.07, 6.45) is 0. The van der Waals surface area contributed by atoms with Crippen molar-refractivity contribution in [1.82, 2.24) is 4.90 Å². The quantitative estimate of drug-likeness (QED) is 0.713. The van der Waals surface area contributed by atoms with Gasteiger partial charge >= 0.3 is 0 Å². The van der Waals surface area contributed by atoms with Crippen LogP contribution in [0.25, 0.3) is 21.2 Å². The topological polar surface area (TPSA) is 38.8 Å². The number of rotatable bonds is 3. The third-order valence-corrected chi connectivity index (χ3v) is 5.63. The summed E-state index contributed by atoms with van der Waals surface area (Å²) in [6.45, 7) is 2.51. The van der Waals surface area contributed by atoms with E-state index >= 15 is 0 Å². The van der Waals surface area contributed by atoms with E-state index in [0.29, 0.717) is 26.3 Å². The monoisotopic (exact) mass is 353 g/mol. The van der Waals surface area contributed by atoms with Crippen molar-refractivity contribution in [3.8, 4) is 16.9 Å². The summed E-state index contributed by atoms with van der Waals surface area (Å²) in [5, 5.41) is 1.12. The summed E-state index contributed by atoms with van der Waals surface area (Å²) in [4.78, 5) is 15.8. The molecular weight excluding hydrogens is 334 g/mol. The summed E-state index contributed by atoms with van der Waals surface area (Å²) >= 11 is 1.57. The number of morpholine rings is 1. The molecular formula is C20H19NO3S. The second-order valence-electron chi connectivity index (χ2n) is 5.94. The Kier molecular flexibility index (Phi) is 4.42. The molecule has 1 aromatic heterocycles. The molecule has 4 rings (SSSR count). The van der Waals surface area contributed by atoms with Gasteiger partial charge in [0.2, 0.25) is 0 Å². The van der Waals surface area contributed by atoms with Gasteiger partial charge in [-0.05, 0) is 23.8 Å². The smallest absolute Gasteiger partial charge is 0.264 e. The second kappa shape index (κ2) is 6.86. The van der Waals surface area contributed by atoms with Gasteiger partial charge in [0.1, 0.15) is 10.6 Å². The molecule has 0 atom stereocenters. The van der Waals surface area contributed by atoms with Gasteiger partial charge in [0, 0.05) is 28.7 Å². The van der Waals surface area contributed by atoms with Crippen LogP contribution in [0.3, 0.4) is 0 Å². The molecule has 5 heteroatoms. The van der Waals surface area contributed by atoms with Gasteiger partial charge < -0.3 is 14.4 Å². The second-order valence-corrected chi connectivity index (χ2v) is 6.99. The van der Waals surface area contributed by atoms with Gasteiger partial charge in [-0.25, -0.2) is 0 Å². The summed E-state index contributed by atoms with van der Waals surface area (Å²) < 4.78 is 11.8. The van der Waals surface area contributed by atoms with Gasteiger partial charge in [-0.2, -0.15) is 0 Å². The predicted molar refractivity (Wildman–Crippen MR) is 101 cm³/mol. The highest BCUT2D eigenvalue weighted by atomic mass is 32.1. The van der Waals surface area contributed by atoms with Crippen LogP contribution in [-0.2, 0) is 4.74 Å². The summed E-state index contributed by atoms with van der Waals surface area (Å²) in [6, 6.07) is 16.1. The fourth-order valence-electron chi connectivity index (χ4n) is 3.15. The van der Waals surface area contributed by atoms with E-state index in [0.717, 1.165) is 31.8 Å². The zero-order chi connectivity index (χ0) is 17.2. The number of carbonyl (C=O) groups excluding carboxylic acids is 1. The zero-order valence-corrected chi connectivity index (χ0v) is 14.8. The van der Waals surface area contributed by atoms with Gasteiger partial charge in [0.15, 0.2) is 0 Å². The van der Waals surface area contributed by atoms with E-state index in [4.69, 9.17) is 9.47 Å². The van der Waals surface area contributed by atoms with Gasteiger partial charge in [-0.3, -0.25) is 4.79 Å². The maximum atomic E-state index is 13.1. The molecule has 2 aromatic carbocycles. The average molecular weight is 353 g/mol. The molecule has 25 heavy (non-hydrogen) atoms. The van der Waals surface area contributed by atoms with Crippen molar-refractivity contribution in [2.45, 2.75) is 0 Å². The lowest BCUT2D eigenvalue weighted by Gasteiger charge is -2.26. The molecule has 1 saturated heterocycles. The third kappa shape index (κ3) is 3.01. The Labute approximate surface area is 150 Å². The van der Waals surface area contributed by atoms with Crippen molar-refractivity contribution < 1.29 is 14.3 Å². The maximum absolute atomic E-state index is 13.1. The average Bonchev–Trinajstić information content (AvgIpc) is 3.07. The van der Waals surface area contributed by atoms with Gasteiger partial charge in [-0.1, -0.05) is 30.3 Å². The molecule has 0 N–H and O–H groups in total. The van der Waals surface area contributed by atoms with Gasteiger partial charge in [0.05, 0.1) is 20.3 Å². The van der Waals surface area contributed by atoms with Crippen molar-refractivity contribution in [3.05, 3.63) is 53.4 Å². The van der Waals surface area contributed by atoms with Crippen molar-refractivity contribution in [2.75, 3.05) is 33.4 Å². The molecule has 1 aliphatic rings. The van der Waals surface area contributed by atoms with Crippen LogP contribution in [0.5, 0.6) is 5.75 Å². The van der Waals surface area contributed by atoms with Crippen LogP contribution >= 0.6 is 11.3 Å². The number of thiophene rings is 1. The molecule has 0 aliphatic carbocycles. The minimum absolute atomic E-state index is 0.0929. The number of hydrogen-bond acceptors (Lipinski definition) is 4. The van der Waals surface area contributed by atoms with E-state index in [1.165, 1.54) is 0 Å². The normalized spacial score (nSPS) is 14.7. The third-order valence-electron chi connectivity index (χ3n) is 4.47. The first-order valence-corrected chi connectivity index (χ1v) is 9.12. The molecule has 1 fully saturated rings. The van der Waals surface area contributed by atoms with E-state index in [1.54, 1.807) is 18.4 Å². The standard InChI is InChI=1S/C20H19NO3S/c1-23-15-8-6-14(7-9-15)18-16-4-2-3-5-17(16)25-19(18)20(22)21-10-12-24-13-11-21/h2-9H,10-13H2,1H3. The first-order chi connectivity index (χ1) is 12.3. The van der Waals surface area contributed by atoms with Gasteiger partial charge in [-0.15, -0.1) is 11.3 Å². The Morgan fingerprint density at radius 3 is 2.52 bits per heavy atom. The minimum atomic E-state index is 0.0929. The Hall–Kier alpha value is -2.37. The summed E-state index contributed by atoms with van der Waals surface area (Å²) in [5.74, 6) is 0.902. The fourth-order valence-corrected chi connectivity index (χ4v) is 4.34. The molecule has 4 nitrogen and oxygen atoms in total. The largest absolute Gasteiger partial charge is 0.497 e. The Bertz CT molecular complexity index is 895. The number of nitrogens with zero attached hydrogens (tertiary/aromatic N) is 1. The fraction of sp³-hybridized carbons (Fsp3) is 0.250. The lowest BCUT2D eigenvalue weighted by atomic mass is 10.0. The van der Waals surface area contributed by atoms with Crippen LogP contribution in [0, 0.1) is 0 Å². The van der Waals surface area contributed by atoms with Crippen molar-refractivity contribution in [2.24, 2.45) is 0 Å². The molecule has 3 aromatic rings. The molecule has 1 aliphatic heterocycles. The van der Waals surface area contributed by atoms with Crippen LogP contribution in [0.2, 0.25) is 0 Å². The van der Waals surface area contributed by atoms with E-state index < -0.39 is 0 Å². The predicted octanol–water partition coefficient (Wildman–Crippen LogP) is 4.05. The summed E-state index contributed by atoms with van der Waals surface area (Å²) in [5.41, 5.74) is 2.05. The number of hydrogen-bond donors (Lipinski definition) is 0. The molecule has 0 radical (unpaired) electrons. The lowest BCUT2D eigenvalue weighted by molar-refractivity contribution is 0.0306. The number of benzene rings is 2. The van der Waals surface area contributed by atoms with E-state index in [2.05, 4.69) is 12.1 Å². The first kappa shape index (κ1) is 16.1. The highest BCUT2D eigenvalue weighted by molar-refractivity contribution is 7.21. The number of fused-ring (bicyclic) bond motifs is 1. The van der Waals surface area contributed by atoms with Crippen molar-refractivity contribution in [1.29, 1.82) is 0 Å². The Balaban J connectivity index is 1.84. The zero-order valence-electron chi connectivity index (χ0n) is 14.0. The molecule has 128 valence electrons. The van der Waals surface area contributed by atoms with Crippen LogP contribution in [0.4, 0.5) is 0 Å². The molecule has 1 amide bonds. The number of carbonyl (C=O) groups is 1. The van der Waals surface area contributed by atoms with Crippen molar-refractivity contribution in [3.63, 3.8) is 0 Å². The maximum Gasteiger partial charge on any atom is 0.264 e. The molecule has 0 bridgehead atoms. The van der Waals surface area contributed by atoms with E-state index in [9.17, 15) is 4.79 Å².